The van der Waals surface area contributed by atoms with Crippen LogP contribution in [0.4, 0.5) is 0 Å². The number of benzene rings is 1. The minimum absolute atomic E-state index is 0.331. The molecule has 3 rings (SSSR count). The van der Waals surface area contributed by atoms with Crippen LogP contribution in [-0.4, -0.2) is 11.5 Å². The van der Waals surface area contributed by atoms with Crippen LogP contribution >= 0.6 is 22.9 Å². The Morgan fingerprint density at radius 1 is 1.41 bits per heavy atom. The van der Waals surface area contributed by atoms with Crippen molar-refractivity contribution in [2.45, 2.75) is 25.7 Å². The average Bonchev–Trinajstić information content (AvgIpc) is 2.65. The van der Waals surface area contributed by atoms with Crippen molar-refractivity contribution < 1.29 is 0 Å². The number of nitrogens with zero attached hydrogens (tertiary/aromatic N) is 1. The molecule has 0 radical (unpaired) electrons. The number of nitrogens with two attached hydrogens (primary N) is 1. The molecule has 0 aliphatic heterocycles. The first-order valence-electron chi connectivity index (χ1n) is 5.96. The van der Waals surface area contributed by atoms with Gasteiger partial charge in [0.25, 0.3) is 0 Å². The van der Waals surface area contributed by atoms with E-state index in [-0.39, 0.29) is 0 Å². The lowest BCUT2D eigenvalue weighted by molar-refractivity contribution is 0.145. The molecule has 0 saturated heterocycles. The van der Waals surface area contributed by atoms with Gasteiger partial charge in [-0.2, -0.15) is 0 Å². The molecule has 1 aliphatic carbocycles. The zero-order valence-electron chi connectivity index (χ0n) is 9.58. The smallest absolute Gasteiger partial charge is 0.0944 e. The van der Waals surface area contributed by atoms with E-state index >= 15 is 0 Å². The maximum atomic E-state index is 5.97. The molecule has 2 aromatic rings. The van der Waals surface area contributed by atoms with Gasteiger partial charge in [-0.25, -0.2) is 4.98 Å². The molecule has 1 fully saturated rings. The fourth-order valence-corrected chi connectivity index (χ4v) is 3.76. The second kappa shape index (κ2) is 4.23. The Morgan fingerprint density at radius 2 is 2.24 bits per heavy atom. The van der Waals surface area contributed by atoms with Gasteiger partial charge in [-0.1, -0.05) is 18.0 Å². The van der Waals surface area contributed by atoms with E-state index in [1.54, 1.807) is 11.3 Å². The van der Waals surface area contributed by atoms with E-state index in [1.807, 2.05) is 12.1 Å². The third-order valence-corrected chi connectivity index (χ3v) is 5.04. The summed E-state index contributed by atoms with van der Waals surface area (Å²) in [6, 6.07) is 5.91. The molecule has 1 aliphatic rings. The van der Waals surface area contributed by atoms with E-state index in [1.165, 1.54) is 29.0 Å². The Labute approximate surface area is 110 Å². The van der Waals surface area contributed by atoms with Crippen LogP contribution in [0, 0.1) is 5.41 Å². The Balaban J connectivity index is 1.90. The summed E-state index contributed by atoms with van der Waals surface area (Å²) in [6.07, 6.45) is 4.84. The number of hydrogen-bond donors (Lipinski definition) is 1. The topological polar surface area (TPSA) is 38.9 Å². The van der Waals surface area contributed by atoms with Gasteiger partial charge in [0, 0.05) is 11.4 Å². The molecule has 0 spiro atoms. The highest BCUT2D eigenvalue weighted by molar-refractivity contribution is 7.18. The quantitative estimate of drug-likeness (QED) is 0.922. The molecule has 2 nitrogen and oxygen atoms in total. The van der Waals surface area contributed by atoms with Gasteiger partial charge < -0.3 is 5.73 Å². The second-order valence-corrected chi connectivity index (χ2v) is 6.51. The van der Waals surface area contributed by atoms with Crippen molar-refractivity contribution in [1.82, 2.24) is 4.98 Å². The lowest BCUT2D eigenvalue weighted by Gasteiger charge is -2.40. The average molecular weight is 267 g/mol. The van der Waals surface area contributed by atoms with E-state index in [9.17, 15) is 0 Å². The monoisotopic (exact) mass is 266 g/mol. The summed E-state index contributed by atoms with van der Waals surface area (Å²) in [4.78, 5) is 4.67. The van der Waals surface area contributed by atoms with Crippen molar-refractivity contribution in [2.24, 2.45) is 11.1 Å². The minimum atomic E-state index is 0.331. The van der Waals surface area contributed by atoms with E-state index in [0.717, 1.165) is 23.5 Å². The minimum Gasteiger partial charge on any atom is -0.330 e. The van der Waals surface area contributed by atoms with Gasteiger partial charge in [0.2, 0.25) is 0 Å². The number of fused-ring (bicyclic) bond motifs is 1. The molecule has 0 bridgehead atoms. The van der Waals surface area contributed by atoms with E-state index in [0.29, 0.717) is 5.41 Å². The Hall–Kier alpha value is -0.640. The summed E-state index contributed by atoms with van der Waals surface area (Å²) in [5.41, 5.74) is 7.24. The van der Waals surface area contributed by atoms with Crippen molar-refractivity contribution in [3.63, 3.8) is 0 Å². The standard InChI is InChI=1S/C13H15ClN2S/c14-9-2-3-11-10(6-9)16-12(17-11)7-13(8-15)4-1-5-13/h2-3,6H,1,4-5,7-8,15H2. The van der Waals surface area contributed by atoms with E-state index < -0.39 is 0 Å². The van der Waals surface area contributed by atoms with Crippen LogP contribution < -0.4 is 5.73 Å². The maximum Gasteiger partial charge on any atom is 0.0944 e. The molecule has 90 valence electrons. The van der Waals surface area contributed by atoms with E-state index in [4.69, 9.17) is 17.3 Å². The van der Waals surface area contributed by atoms with Gasteiger partial charge >= 0.3 is 0 Å². The fourth-order valence-electron chi connectivity index (χ4n) is 2.47. The van der Waals surface area contributed by atoms with Crippen LogP contribution in [0.3, 0.4) is 0 Å². The summed E-state index contributed by atoms with van der Waals surface area (Å²) in [5.74, 6) is 0. The van der Waals surface area contributed by atoms with Crippen LogP contribution in [0.25, 0.3) is 10.2 Å². The fraction of sp³-hybridized carbons (Fsp3) is 0.462. The Bertz CT molecular complexity index is 540. The van der Waals surface area contributed by atoms with Gasteiger partial charge in [-0.05, 0) is 43.0 Å². The van der Waals surface area contributed by atoms with Crippen molar-refractivity contribution in [3.8, 4) is 0 Å². The molecule has 0 unspecified atom stereocenters. The molecule has 1 aromatic heterocycles. The van der Waals surface area contributed by atoms with Crippen LogP contribution in [0.5, 0.6) is 0 Å². The van der Waals surface area contributed by atoms with Gasteiger partial charge in [-0.15, -0.1) is 11.3 Å². The zero-order valence-corrected chi connectivity index (χ0v) is 11.2. The number of halogens is 1. The van der Waals surface area contributed by atoms with Gasteiger partial charge in [0.1, 0.15) is 0 Å². The maximum absolute atomic E-state index is 5.97. The summed E-state index contributed by atoms with van der Waals surface area (Å²) in [5, 5.41) is 1.96. The normalized spacial score (nSPS) is 18.2. The molecule has 1 heterocycles. The molecular formula is C13H15ClN2S. The van der Waals surface area contributed by atoms with E-state index in [2.05, 4.69) is 11.1 Å². The van der Waals surface area contributed by atoms with Crippen LogP contribution in [-0.2, 0) is 6.42 Å². The van der Waals surface area contributed by atoms with Gasteiger partial charge in [0.15, 0.2) is 0 Å². The van der Waals surface area contributed by atoms with Gasteiger partial charge in [0.05, 0.1) is 15.2 Å². The van der Waals surface area contributed by atoms with Crippen molar-refractivity contribution in [2.75, 3.05) is 6.54 Å². The Kier molecular flexibility index (Phi) is 2.85. The summed E-state index contributed by atoms with van der Waals surface area (Å²) in [7, 11) is 0. The SMILES string of the molecule is NCC1(Cc2nc3cc(Cl)ccc3s2)CCC1. The summed E-state index contributed by atoms with van der Waals surface area (Å²) >= 11 is 7.74. The molecule has 4 heteroatoms. The second-order valence-electron chi connectivity index (χ2n) is 4.95. The zero-order chi connectivity index (χ0) is 11.9. The van der Waals surface area contributed by atoms with Crippen molar-refractivity contribution >= 4 is 33.2 Å². The molecule has 0 amide bonds. The summed E-state index contributed by atoms with van der Waals surface area (Å²) < 4.78 is 1.22. The van der Waals surface area contributed by atoms with Crippen LogP contribution in [0.2, 0.25) is 5.02 Å². The summed E-state index contributed by atoms with van der Waals surface area (Å²) in [6.45, 7) is 0.781. The third-order valence-electron chi connectivity index (χ3n) is 3.77. The number of aromatic nitrogens is 1. The first-order valence-corrected chi connectivity index (χ1v) is 7.15. The van der Waals surface area contributed by atoms with Crippen LogP contribution in [0.1, 0.15) is 24.3 Å². The first-order chi connectivity index (χ1) is 8.21. The highest BCUT2D eigenvalue weighted by Crippen LogP contribution is 2.43. The molecule has 0 atom stereocenters. The third kappa shape index (κ3) is 2.07. The number of thiazole rings is 1. The van der Waals surface area contributed by atoms with Crippen molar-refractivity contribution in [3.05, 3.63) is 28.2 Å². The predicted molar refractivity (Wildman–Crippen MR) is 73.7 cm³/mol. The largest absolute Gasteiger partial charge is 0.330 e. The lowest BCUT2D eigenvalue weighted by Crippen LogP contribution is -2.39. The van der Waals surface area contributed by atoms with Crippen molar-refractivity contribution in [1.29, 1.82) is 0 Å². The molecule has 17 heavy (non-hydrogen) atoms. The Morgan fingerprint density at radius 3 is 2.88 bits per heavy atom. The molecular weight excluding hydrogens is 252 g/mol. The lowest BCUT2D eigenvalue weighted by atomic mass is 9.67. The molecule has 1 saturated carbocycles. The predicted octanol–water partition coefficient (Wildman–Crippen LogP) is 3.62. The van der Waals surface area contributed by atoms with Gasteiger partial charge in [-0.3, -0.25) is 0 Å². The number of rotatable bonds is 3. The number of hydrogen-bond acceptors (Lipinski definition) is 3. The first kappa shape index (κ1) is 11.5. The molecule has 2 N–H and O–H groups in total. The highest BCUT2D eigenvalue weighted by atomic mass is 35.5. The van der Waals surface area contributed by atoms with Crippen LogP contribution in [0.15, 0.2) is 18.2 Å². The highest BCUT2D eigenvalue weighted by Gasteiger charge is 2.36. The molecule has 1 aromatic carbocycles.